The molecule has 0 spiro atoms. The van der Waals surface area contributed by atoms with E-state index in [-0.39, 0.29) is 17.8 Å². The summed E-state index contributed by atoms with van der Waals surface area (Å²) in [4.78, 5) is 50.9. The summed E-state index contributed by atoms with van der Waals surface area (Å²) in [6.07, 6.45) is 0. The lowest BCUT2D eigenvalue weighted by Crippen LogP contribution is -2.72. The normalized spacial score (nSPS) is 25.1. The fourth-order valence-corrected chi connectivity index (χ4v) is 5.91. The third kappa shape index (κ3) is 5.18. The van der Waals surface area contributed by atoms with Gasteiger partial charge in [-0.2, -0.15) is 0 Å². The minimum absolute atomic E-state index is 0.106. The first kappa shape index (κ1) is 26.7. The van der Waals surface area contributed by atoms with E-state index in [4.69, 9.17) is 44.3 Å². The van der Waals surface area contributed by atoms with Gasteiger partial charge in [-0.15, -0.1) is 0 Å². The Morgan fingerprint density at radius 3 is 2.50 bits per heavy atom. The first-order chi connectivity index (χ1) is 15.8. The number of benzene rings is 1. The molecule has 2 aliphatic rings. The topological polar surface area (TPSA) is 137 Å². The highest BCUT2D eigenvalue weighted by atomic mass is 35.6. The minimum Gasteiger partial charge on any atom is -0.614 e. The highest BCUT2D eigenvalue weighted by molar-refractivity contribution is 7.94. The average molecular weight is 555 g/mol. The number of ether oxygens (including phenoxy) is 2. The molecule has 14 heteroatoms. The molecule has 3 rings (SSSR count). The maximum atomic E-state index is 13.0. The van der Waals surface area contributed by atoms with Crippen LogP contribution in [0.5, 0.6) is 0 Å². The van der Waals surface area contributed by atoms with E-state index in [0.29, 0.717) is 0 Å². The van der Waals surface area contributed by atoms with Crippen molar-refractivity contribution in [3.05, 3.63) is 29.8 Å². The summed E-state index contributed by atoms with van der Waals surface area (Å²) >= 11 is 15.2. The number of hydrogen-bond acceptors (Lipinski definition) is 8. The highest BCUT2D eigenvalue weighted by Crippen LogP contribution is 2.46. The van der Waals surface area contributed by atoms with Crippen LogP contribution in [-0.4, -0.2) is 79.5 Å². The first-order valence-corrected chi connectivity index (χ1v) is 12.3. The number of carbonyl (C=O) groups is 4. The van der Waals surface area contributed by atoms with Crippen LogP contribution in [0.2, 0.25) is 0 Å². The van der Waals surface area contributed by atoms with Crippen molar-refractivity contribution in [1.29, 1.82) is 0 Å². The lowest BCUT2D eigenvalue weighted by atomic mass is 9.96. The number of nitrogens with zero attached hydrogens (tertiary/aromatic N) is 1. The zero-order chi connectivity index (χ0) is 25.4. The zero-order valence-corrected chi connectivity index (χ0v) is 21.4. The Hall–Kier alpha value is -1.92. The Kier molecular flexibility index (Phi) is 7.83. The van der Waals surface area contributed by atoms with Crippen molar-refractivity contribution in [2.45, 2.75) is 39.8 Å². The van der Waals surface area contributed by atoms with Crippen LogP contribution >= 0.6 is 34.8 Å². The van der Waals surface area contributed by atoms with E-state index >= 15 is 0 Å². The van der Waals surface area contributed by atoms with E-state index in [1.807, 2.05) is 0 Å². The van der Waals surface area contributed by atoms with Gasteiger partial charge in [0.25, 0.3) is 5.91 Å². The fourth-order valence-electron chi connectivity index (χ4n) is 3.83. The van der Waals surface area contributed by atoms with E-state index < -0.39 is 67.5 Å². The number of hydrogen-bond donors (Lipinski definition) is 2. The number of alkyl halides is 3. The molecule has 0 aliphatic carbocycles. The predicted molar refractivity (Wildman–Crippen MR) is 126 cm³/mol. The molecule has 4 atom stereocenters. The molecule has 34 heavy (non-hydrogen) atoms. The van der Waals surface area contributed by atoms with E-state index in [1.165, 1.54) is 18.1 Å². The molecule has 0 bridgehead atoms. The number of carbonyl (C=O) groups excluding carboxylic acids is 4. The van der Waals surface area contributed by atoms with Crippen molar-refractivity contribution in [2.24, 2.45) is 0 Å². The van der Waals surface area contributed by atoms with Crippen molar-refractivity contribution >= 4 is 75.4 Å². The molecule has 0 radical (unpaired) electrons. The SMILES string of the molecule is COC(=O)C1N2C(=O)C(NC(=O)CNc3ccccc3C(=O)OCC(Cl)(Cl)Cl)[C@H]2[S+]([O-])C1(C)C. The number of rotatable bonds is 7. The molecule has 2 fully saturated rings. The predicted octanol–water partition coefficient (Wildman–Crippen LogP) is 1.36. The molecule has 2 amide bonds. The largest absolute Gasteiger partial charge is 0.614 e. The number of amides is 2. The number of β-lactam (4-membered cyclic amide) rings is 1. The molecule has 0 aromatic heterocycles. The van der Waals surface area contributed by atoms with Crippen LogP contribution in [-0.2, 0) is 35.0 Å². The number of fused-ring (bicyclic) bond motifs is 1. The summed E-state index contributed by atoms with van der Waals surface area (Å²) in [5, 5.41) is 4.49. The molecule has 10 nitrogen and oxygen atoms in total. The molecule has 2 aliphatic heterocycles. The van der Waals surface area contributed by atoms with Crippen LogP contribution in [0.3, 0.4) is 0 Å². The number of esters is 2. The quantitative estimate of drug-likeness (QED) is 0.223. The maximum Gasteiger partial charge on any atom is 0.340 e. The Morgan fingerprint density at radius 2 is 1.88 bits per heavy atom. The van der Waals surface area contributed by atoms with Crippen molar-refractivity contribution in [2.75, 3.05) is 25.6 Å². The van der Waals surface area contributed by atoms with Crippen LogP contribution in [0.25, 0.3) is 0 Å². The van der Waals surface area contributed by atoms with Crippen molar-refractivity contribution in [3.8, 4) is 0 Å². The van der Waals surface area contributed by atoms with Gasteiger partial charge in [0.15, 0.2) is 16.8 Å². The number of nitrogens with one attached hydrogen (secondary N) is 2. The van der Waals surface area contributed by atoms with Gasteiger partial charge in [0.1, 0.15) is 6.61 Å². The molecule has 186 valence electrons. The van der Waals surface area contributed by atoms with E-state index in [9.17, 15) is 23.7 Å². The lowest BCUT2D eigenvalue weighted by Gasteiger charge is -2.41. The Morgan fingerprint density at radius 1 is 1.24 bits per heavy atom. The first-order valence-electron chi connectivity index (χ1n) is 9.96. The smallest absolute Gasteiger partial charge is 0.340 e. The summed E-state index contributed by atoms with van der Waals surface area (Å²) in [6, 6.07) is 4.18. The number of halogens is 3. The van der Waals surface area contributed by atoms with Gasteiger partial charge in [-0.1, -0.05) is 46.9 Å². The van der Waals surface area contributed by atoms with Crippen LogP contribution < -0.4 is 10.6 Å². The van der Waals surface area contributed by atoms with Crippen LogP contribution in [0.15, 0.2) is 24.3 Å². The van der Waals surface area contributed by atoms with Gasteiger partial charge in [-0.25, -0.2) is 9.59 Å². The molecule has 0 saturated carbocycles. The summed E-state index contributed by atoms with van der Waals surface area (Å²) < 4.78 is 19.9. The second-order valence-corrected chi connectivity index (χ2v) is 12.7. The van der Waals surface area contributed by atoms with Crippen molar-refractivity contribution < 1.29 is 33.2 Å². The van der Waals surface area contributed by atoms with Gasteiger partial charge in [-0.3, -0.25) is 14.5 Å². The fraction of sp³-hybridized carbons (Fsp3) is 0.500. The molecular formula is C20H22Cl3N3O7S. The number of anilines is 1. The molecule has 1 aromatic carbocycles. The third-order valence-corrected chi connectivity index (χ3v) is 7.97. The second kappa shape index (κ2) is 9.98. The summed E-state index contributed by atoms with van der Waals surface area (Å²) in [6.45, 7) is 2.44. The summed E-state index contributed by atoms with van der Waals surface area (Å²) in [5.74, 6) is -2.54. The molecule has 2 heterocycles. The molecular weight excluding hydrogens is 533 g/mol. The third-order valence-electron chi connectivity index (χ3n) is 5.45. The Balaban J connectivity index is 1.63. The second-order valence-electron chi connectivity index (χ2n) is 8.10. The standard InChI is InChI=1S/C20H22Cl3N3O7S/c1-19(2)14(18(30)32-3)26-15(28)13(16(26)34(19)31)25-12(27)8-24-11-7-5-4-6-10(11)17(29)33-9-20(21,22)23/h4-7,13-14,16,24H,8-9H2,1-3H3,(H,25,27)/t13?,14?,16-,34?/m1/s1. The maximum absolute atomic E-state index is 13.0. The average Bonchev–Trinajstić information content (AvgIpc) is 2.96. The molecule has 2 saturated heterocycles. The number of para-hydroxylation sites is 1. The Labute approximate surface area is 213 Å². The van der Waals surface area contributed by atoms with Crippen molar-refractivity contribution in [3.63, 3.8) is 0 Å². The zero-order valence-electron chi connectivity index (χ0n) is 18.3. The molecule has 3 unspecified atom stereocenters. The van der Waals surface area contributed by atoms with Gasteiger partial charge in [-0.05, 0) is 37.2 Å². The summed E-state index contributed by atoms with van der Waals surface area (Å²) in [7, 11) is 1.19. The van der Waals surface area contributed by atoms with Gasteiger partial charge in [0, 0.05) is 5.69 Å². The minimum atomic E-state index is -1.77. The van der Waals surface area contributed by atoms with E-state index in [0.717, 1.165) is 0 Å². The van der Waals surface area contributed by atoms with E-state index in [1.54, 1.807) is 32.0 Å². The van der Waals surface area contributed by atoms with Crippen molar-refractivity contribution in [1.82, 2.24) is 10.2 Å². The van der Waals surface area contributed by atoms with Gasteiger partial charge in [0.05, 0.1) is 19.2 Å². The van der Waals surface area contributed by atoms with Gasteiger partial charge >= 0.3 is 11.9 Å². The molecule has 1 aromatic rings. The monoisotopic (exact) mass is 553 g/mol. The highest BCUT2D eigenvalue weighted by Gasteiger charge is 2.73. The van der Waals surface area contributed by atoms with E-state index in [2.05, 4.69) is 10.6 Å². The van der Waals surface area contributed by atoms with Crippen LogP contribution in [0.4, 0.5) is 5.69 Å². The number of methoxy groups -OCH3 is 1. The van der Waals surface area contributed by atoms with Gasteiger partial charge < -0.3 is 24.7 Å². The van der Waals surface area contributed by atoms with Crippen LogP contribution in [0.1, 0.15) is 24.2 Å². The summed E-state index contributed by atoms with van der Waals surface area (Å²) in [5.41, 5.74) is 0.389. The van der Waals surface area contributed by atoms with Crippen LogP contribution in [0, 0.1) is 0 Å². The Bertz CT molecular complexity index is 1000. The van der Waals surface area contributed by atoms with Gasteiger partial charge in [0.2, 0.25) is 15.1 Å². The molecule has 2 N–H and O–H groups in total. The lowest BCUT2D eigenvalue weighted by molar-refractivity contribution is -0.162.